The average Bonchev–Trinajstić information content (AvgIpc) is 2.74. The number of piperidine rings is 1. The third-order valence-electron chi connectivity index (χ3n) is 5.71. The van der Waals surface area contributed by atoms with E-state index in [0.29, 0.717) is 17.8 Å². The van der Waals surface area contributed by atoms with Gasteiger partial charge in [-0.3, -0.25) is 14.5 Å². The number of nitrogens with zero attached hydrogens (tertiary/aromatic N) is 2. The maximum Gasteiger partial charge on any atom is 0.241 e. The van der Waals surface area contributed by atoms with E-state index >= 15 is 0 Å². The fraction of sp³-hybridized carbons (Fsp3) is 0.417. The summed E-state index contributed by atoms with van der Waals surface area (Å²) in [5.74, 6) is -0.0399. The standard InChI is InChI=1S/C24H31N3O2/c1-18(24(29)25-22-13-11-20(12-14-22)19(2)28)26(3)17-21-9-5-6-10-23(21)27-15-7-4-8-16-27/h5-6,9-14,18H,4,7-8,15-17H2,1-3H3,(H,25,29). The first-order valence-electron chi connectivity index (χ1n) is 10.4. The summed E-state index contributed by atoms with van der Waals surface area (Å²) >= 11 is 0. The smallest absolute Gasteiger partial charge is 0.241 e. The lowest BCUT2D eigenvalue weighted by Crippen LogP contribution is -2.39. The lowest BCUT2D eigenvalue weighted by molar-refractivity contribution is -0.120. The van der Waals surface area contributed by atoms with Crippen molar-refractivity contribution < 1.29 is 9.59 Å². The Bertz CT molecular complexity index is 841. The number of likely N-dealkylation sites (N-methyl/N-ethyl adjacent to an activating group) is 1. The number of nitrogens with one attached hydrogen (secondary N) is 1. The van der Waals surface area contributed by atoms with Gasteiger partial charge in [0.05, 0.1) is 6.04 Å². The van der Waals surface area contributed by atoms with Crippen molar-refractivity contribution in [3.8, 4) is 0 Å². The molecule has 154 valence electrons. The lowest BCUT2D eigenvalue weighted by atomic mass is 10.1. The van der Waals surface area contributed by atoms with Crippen LogP contribution in [0.1, 0.15) is 49.0 Å². The summed E-state index contributed by atoms with van der Waals surface area (Å²) in [5, 5.41) is 2.95. The molecule has 0 bridgehead atoms. The van der Waals surface area contributed by atoms with Gasteiger partial charge in [0.2, 0.25) is 5.91 Å². The van der Waals surface area contributed by atoms with Crippen molar-refractivity contribution in [3.05, 3.63) is 59.7 Å². The van der Waals surface area contributed by atoms with E-state index in [4.69, 9.17) is 0 Å². The Morgan fingerprint density at radius 1 is 1.03 bits per heavy atom. The Hall–Kier alpha value is -2.66. The quantitative estimate of drug-likeness (QED) is 0.711. The van der Waals surface area contributed by atoms with Crippen LogP contribution in [0.15, 0.2) is 48.5 Å². The van der Waals surface area contributed by atoms with Crippen LogP contribution in [-0.4, -0.2) is 42.8 Å². The monoisotopic (exact) mass is 393 g/mol. The van der Waals surface area contributed by atoms with E-state index < -0.39 is 0 Å². The third kappa shape index (κ3) is 5.45. The van der Waals surface area contributed by atoms with Gasteiger partial charge in [-0.2, -0.15) is 0 Å². The largest absolute Gasteiger partial charge is 0.371 e. The van der Waals surface area contributed by atoms with E-state index in [1.807, 2.05) is 14.0 Å². The van der Waals surface area contributed by atoms with E-state index in [1.165, 1.54) is 37.4 Å². The van der Waals surface area contributed by atoms with Gasteiger partial charge in [0.1, 0.15) is 0 Å². The second kappa shape index (κ2) is 9.70. The number of benzene rings is 2. The van der Waals surface area contributed by atoms with E-state index in [9.17, 15) is 9.59 Å². The fourth-order valence-corrected chi connectivity index (χ4v) is 3.73. The van der Waals surface area contributed by atoms with Crippen molar-refractivity contribution in [3.63, 3.8) is 0 Å². The highest BCUT2D eigenvalue weighted by Crippen LogP contribution is 2.25. The van der Waals surface area contributed by atoms with Crippen molar-refractivity contribution in [2.24, 2.45) is 0 Å². The van der Waals surface area contributed by atoms with Gasteiger partial charge < -0.3 is 10.2 Å². The molecular weight excluding hydrogens is 362 g/mol. The summed E-state index contributed by atoms with van der Waals surface area (Å²) in [6.07, 6.45) is 3.79. The summed E-state index contributed by atoms with van der Waals surface area (Å²) in [6, 6.07) is 15.2. The van der Waals surface area contributed by atoms with Gasteiger partial charge in [0.25, 0.3) is 0 Å². The minimum absolute atomic E-state index is 0.0170. The van der Waals surface area contributed by atoms with Crippen LogP contribution in [0.3, 0.4) is 0 Å². The molecule has 3 rings (SSSR count). The van der Waals surface area contributed by atoms with Crippen LogP contribution < -0.4 is 10.2 Å². The second-order valence-corrected chi connectivity index (χ2v) is 7.89. The van der Waals surface area contributed by atoms with Gasteiger partial charge in [-0.25, -0.2) is 0 Å². The summed E-state index contributed by atoms with van der Waals surface area (Å²) in [4.78, 5) is 28.7. The molecule has 1 amide bonds. The second-order valence-electron chi connectivity index (χ2n) is 7.89. The number of amides is 1. The zero-order valence-corrected chi connectivity index (χ0v) is 17.6. The van der Waals surface area contributed by atoms with Crippen molar-refractivity contribution in [2.75, 3.05) is 30.4 Å². The third-order valence-corrected chi connectivity index (χ3v) is 5.71. The highest BCUT2D eigenvalue weighted by atomic mass is 16.2. The average molecular weight is 394 g/mol. The van der Waals surface area contributed by atoms with E-state index in [-0.39, 0.29) is 17.7 Å². The maximum atomic E-state index is 12.7. The molecule has 1 aliphatic rings. The molecule has 1 atom stereocenters. The van der Waals surface area contributed by atoms with Crippen molar-refractivity contribution in [1.29, 1.82) is 0 Å². The number of hydrogen-bond acceptors (Lipinski definition) is 4. The van der Waals surface area contributed by atoms with Crippen LogP contribution in [-0.2, 0) is 11.3 Å². The minimum atomic E-state index is -0.281. The van der Waals surface area contributed by atoms with Crippen molar-refractivity contribution >= 4 is 23.1 Å². The zero-order valence-electron chi connectivity index (χ0n) is 17.6. The highest BCUT2D eigenvalue weighted by molar-refractivity contribution is 5.96. The molecule has 1 aliphatic heterocycles. The fourth-order valence-electron chi connectivity index (χ4n) is 3.73. The van der Waals surface area contributed by atoms with Crippen molar-refractivity contribution in [2.45, 2.75) is 45.7 Å². The van der Waals surface area contributed by atoms with Crippen LogP contribution in [0.2, 0.25) is 0 Å². The predicted molar refractivity (Wildman–Crippen MR) is 119 cm³/mol. The number of hydrogen-bond donors (Lipinski definition) is 1. The van der Waals surface area contributed by atoms with Crippen LogP contribution in [0.25, 0.3) is 0 Å². The number of carbonyl (C=O) groups excluding carboxylic acids is 2. The van der Waals surface area contributed by atoms with Crippen molar-refractivity contribution in [1.82, 2.24) is 4.90 Å². The molecule has 0 saturated carbocycles. The number of ketones is 1. The van der Waals surface area contributed by atoms with E-state index in [1.54, 1.807) is 24.3 Å². The Morgan fingerprint density at radius 2 is 1.69 bits per heavy atom. The SMILES string of the molecule is CC(=O)c1ccc(NC(=O)C(C)N(C)Cc2ccccc2N2CCCCC2)cc1. The van der Waals surface area contributed by atoms with Gasteiger partial charge in [-0.1, -0.05) is 18.2 Å². The first-order valence-corrected chi connectivity index (χ1v) is 10.4. The van der Waals surface area contributed by atoms with Crippen LogP contribution >= 0.6 is 0 Å². The van der Waals surface area contributed by atoms with Crippen LogP contribution in [0.5, 0.6) is 0 Å². The highest BCUT2D eigenvalue weighted by Gasteiger charge is 2.21. The molecule has 1 saturated heterocycles. The molecule has 5 heteroatoms. The normalized spacial score (nSPS) is 15.2. The molecule has 5 nitrogen and oxygen atoms in total. The number of anilines is 2. The molecule has 0 aromatic heterocycles. The summed E-state index contributed by atoms with van der Waals surface area (Å²) in [6.45, 7) is 6.37. The Morgan fingerprint density at radius 3 is 2.34 bits per heavy atom. The van der Waals surface area contributed by atoms with Gasteiger partial charge in [0.15, 0.2) is 5.78 Å². The molecule has 1 N–H and O–H groups in total. The molecule has 1 heterocycles. The number of para-hydroxylation sites is 1. The molecule has 0 radical (unpaired) electrons. The number of Topliss-reactive ketones (excluding diaryl/α,β-unsaturated/α-hetero) is 1. The minimum Gasteiger partial charge on any atom is -0.371 e. The van der Waals surface area contributed by atoms with Gasteiger partial charge >= 0.3 is 0 Å². The van der Waals surface area contributed by atoms with E-state index in [0.717, 1.165) is 13.1 Å². The molecule has 1 unspecified atom stereocenters. The number of carbonyl (C=O) groups is 2. The molecule has 1 fully saturated rings. The summed E-state index contributed by atoms with van der Waals surface area (Å²) in [5.41, 5.74) is 3.88. The van der Waals surface area contributed by atoms with Gasteiger partial charge in [0, 0.05) is 36.6 Å². The van der Waals surface area contributed by atoms with Crippen LogP contribution in [0.4, 0.5) is 11.4 Å². The lowest BCUT2D eigenvalue weighted by Gasteiger charge is -2.32. The molecule has 0 spiro atoms. The predicted octanol–water partition coefficient (Wildman–Crippen LogP) is 4.34. The Balaban J connectivity index is 1.63. The van der Waals surface area contributed by atoms with Gasteiger partial charge in [-0.15, -0.1) is 0 Å². The first kappa shape index (κ1) is 21.1. The van der Waals surface area contributed by atoms with Gasteiger partial charge in [-0.05, 0) is 76.1 Å². The van der Waals surface area contributed by atoms with Crippen LogP contribution in [0, 0.1) is 0 Å². The number of rotatable bonds is 7. The molecule has 2 aromatic carbocycles. The first-order chi connectivity index (χ1) is 14.0. The maximum absolute atomic E-state index is 12.7. The molecule has 2 aromatic rings. The Labute approximate surface area is 173 Å². The molecule has 29 heavy (non-hydrogen) atoms. The zero-order chi connectivity index (χ0) is 20.8. The van der Waals surface area contributed by atoms with E-state index in [2.05, 4.69) is 39.4 Å². The molecular formula is C24H31N3O2. The topological polar surface area (TPSA) is 52.7 Å². The Kier molecular flexibility index (Phi) is 7.04. The summed E-state index contributed by atoms with van der Waals surface area (Å²) < 4.78 is 0. The molecule has 0 aliphatic carbocycles. The summed E-state index contributed by atoms with van der Waals surface area (Å²) in [7, 11) is 1.98.